The number of aryl methyl sites for hydroxylation is 1. The Morgan fingerprint density at radius 3 is 2.41 bits per heavy atom. The lowest BCUT2D eigenvalue weighted by atomic mass is 10.1. The van der Waals surface area contributed by atoms with Gasteiger partial charge in [-0.05, 0) is 13.0 Å². The third-order valence-electron chi connectivity index (χ3n) is 3.39. The maximum absolute atomic E-state index is 12.4. The average Bonchev–Trinajstić information content (AvgIpc) is 2.52. The Hall–Kier alpha value is -2.69. The average molecular weight is 297 g/mol. The molecule has 0 bridgehead atoms. The Balaban J connectivity index is 2.37. The molecule has 1 aromatic heterocycles. The minimum atomic E-state index is -0.258. The van der Waals surface area contributed by atoms with Gasteiger partial charge in [0.05, 0.1) is 11.1 Å². The van der Waals surface area contributed by atoms with Crippen LogP contribution in [0.2, 0.25) is 0 Å². The molecule has 0 aliphatic heterocycles. The molecule has 22 heavy (non-hydrogen) atoms. The SMILES string of the molecule is C=CCN(CC=C)C(=O)Cn1nc(C)c2ccccc2c1=O. The zero-order valence-corrected chi connectivity index (χ0v) is 12.7. The summed E-state index contributed by atoms with van der Waals surface area (Å²) in [5.41, 5.74) is 0.466. The molecular formula is C17H19N3O2. The van der Waals surface area contributed by atoms with Crippen molar-refractivity contribution in [3.8, 4) is 0 Å². The second kappa shape index (κ2) is 6.85. The van der Waals surface area contributed by atoms with E-state index in [1.807, 2.05) is 19.1 Å². The van der Waals surface area contributed by atoms with Gasteiger partial charge >= 0.3 is 0 Å². The molecule has 0 unspecified atom stereocenters. The summed E-state index contributed by atoms with van der Waals surface area (Å²) in [5, 5.41) is 5.63. The molecule has 0 aliphatic rings. The van der Waals surface area contributed by atoms with E-state index in [9.17, 15) is 9.59 Å². The summed E-state index contributed by atoms with van der Waals surface area (Å²) in [6.45, 7) is 9.82. The van der Waals surface area contributed by atoms with Gasteiger partial charge in [-0.2, -0.15) is 5.10 Å². The molecule has 0 aliphatic carbocycles. The lowest BCUT2D eigenvalue weighted by Crippen LogP contribution is -2.37. The first kappa shape index (κ1) is 15.7. The van der Waals surface area contributed by atoms with Gasteiger partial charge in [0, 0.05) is 18.5 Å². The van der Waals surface area contributed by atoms with Crippen molar-refractivity contribution < 1.29 is 4.79 Å². The van der Waals surface area contributed by atoms with Gasteiger partial charge in [-0.1, -0.05) is 30.4 Å². The molecule has 1 amide bonds. The van der Waals surface area contributed by atoms with Gasteiger partial charge in [-0.15, -0.1) is 13.2 Å². The van der Waals surface area contributed by atoms with Gasteiger partial charge < -0.3 is 4.90 Å². The maximum Gasteiger partial charge on any atom is 0.275 e. The number of aromatic nitrogens is 2. The predicted octanol–water partition coefficient (Wildman–Crippen LogP) is 1.91. The number of carbonyl (C=O) groups excluding carboxylic acids is 1. The molecule has 0 saturated carbocycles. The van der Waals surface area contributed by atoms with E-state index < -0.39 is 0 Å². The van der Waals surface area contributed by atoms with Crippen molar-refractivity contribution in [2.75, 3.05) is 13.1 Å². The first-order valence-electron chi connectivity index (χ1n) is 7.04. The van der Waals surface area contributed by atoms with Crippen LogP contribution in [0.15, 0.2) is 54.4 Å². The van der Waals surface area contributed by atoms with Crippen LogP contribution >= 0.6 is 0 Å². The second-order valence-electron chi connectivity index (χ2n) is 4.97. The minimum Gasteiger partial charge on any atom is -0.334 e. The monoisotopic (exact) mass is 297 g/mol. The molecule has 5 nitrogen and oxygen atoms in total. The summed E-state index contributed by atoms with van der Waals surface area (Å²) in [6.07, 6.45) is 3.28. The van der Waals surface area contributed by atoms with E-state index in [1.165, 1.54) is 4.68 Å². The molecule has 1 heterocycles. The van der Waals surface area contributed by atoms with Gasteiger partial charge in [0.1, 0.15) is 6.54 Å². The quantitative estimate of drug-likeness (QED) is 0.765. The number of amides is 1. The molecule has 0 fully saturated rings. The Morgan fingerprint density at radius 2 is 1.82 bits per heavy atom. The van der Waals surface area contributed by atoms with Crippen LogP contribution in [0.4, 0.5) is 0 Å². The molecule has 2 aromatic rings. The topological polar surface area (TPSA) is 55.2 Å². The van der Waals surface area contributed by atoms with Crippen molar-refractivity contribution in [3.05, 3.63) is 65.6 Å². The Morgan fingerprint density at radius 1 is 1.23 bits per heavy atom. The zero-order valence-electron chi connectivity index (χ0n) is 12.7. The molecule has 2 rings (SSSR count). The van der Waals surface area contributed by atoms with E-state index in [1.54, 1.807) is 29.2 Å². The normalized spacial score (nSPS) is 10.4. The summed E-state index contributed by atoms with van der Waals surface area (Å²) in [7, 11) is 0. The van der Waals surface area contributed by atoms with E-state index in [0.717, 1.165) is 11.1 Å². The van der Waals surface area contributed by atoms with Gasteiger partial charge in [0.25, 0.3) is 5.56 Å². The number of fused-ring (bicyclic) bond motifs is 1. The zero-order chi connectivity index (χ0) is 16.1. The molecule has 0 atom stereocenters. The Kier molecular flexibility index (Phi) is 4.88. The molecule has 0 radical (unpaired) electrons. The van der Waals surface area contributed by atoms with Crippen molar-refractivity contribution >= 4 is 16.7 Å². The number of hydrogen-bond acceptors (Lipinski definition) is 3. The smallest absolute Gasteiger partial charge is 0.275 e. The van der Waals surface area contributed by atoms with Crippen LogP contribution in [0.1, 0.15) is 5.69 Å². The number of rotatable bonds is 6. The molecule has 0 saturated heterocycles. The maximum atomic E-state index is 12.4. The number of carbonyl (C=O) groups is 1. The van der Waals surface area contributed by atoms with Crippen molar-refractivity contribution in [1.29, 1.82) is 0 Å². The minimum absolute atomic E-state index is 0.0911. The van der Waals surface area contributed by atoms with Crippen LogP contribution in [0, 0.1) is 6.92 Å². The van der Waals surface area contributed by atoms with Gasteiger partial charge in [-0.25, -0.2) is 4.68 Å². The van der Waals surface area contributed by atoms with E-state index in [4.69, 9.17) is 0 Å². The third kappa shape index (κ3) is 3.14. The van der Waals surface area contributed by atoms with Crippen LogP contribution < -0.4 is 5.56 Å². The number of nitrogens with zero attached hydrogens (tertiary/aromatic N) is 3. The van der Waals surface area contributed by atoms with Gasteiger partial charge in [0.2, 0.25) is 5.91 Å². The fraction of sp³-hybridized carbons (Fsp3) is 0.235. The predicted molar refractivity (Wildman–Crippen MR) is 87.7 cm³/mol. The van der Waals surface area contributed by atoms with Crippen LogP contribution in [0.25, 0.3) is 10.8 Å². The van der Waals surface area contributed by atoms with E-state index in [2.05, 4.69) is 18.3 Å². The van der Waals surface area contributed by atoms with Crippen LogP contribution in [0.3, 0.4) is 0 Å². The fourth-order valence-electron chi connectivity index (χ4n) is 2.33. The van der Waals surface area contributed by atoms with Crippen LogP contribution in [-0.4, -0.2) is 33.7 Å². The first-order valence-corrected chi connectivity index (χ1v) is 7.04. The summed E-state index contributed by atoms with van der Waals surface area (Å²) < 4.78 is 1.22. The summed E-state index contributed by atoms with van der Waals surface area (Å²) >= 11 is 0. The Labute approximate surface area is 129 Å². The summed E-state index contributed by atoms with van der Waals surface area (Å²) in [4.78, 5) is 26.3. The lowest BCUT2D eigenvalue weighted by Gasteiger charge is -2.19. The molecule has 114 valence electrons. The van der Waals surface area contributed by atoms with E-state index in [-0.39, 0.29) is 18.0 Å². The van der Waals surface area contributed by atoms with Crippen molar-refractivity contribution in [2.24, 2.45) is 0 Å². The standard InChI is InChI=1S/C17H19N3O2/c1-4-10-19(11-5-2)16(21)12-20-17(22)15-9-7-6-8-14(15)13(3)18-20/h4-9H,1-2,10-12H2,3H3. The number of benzene rings is 1. The van der Waals surface area contributed by atoms with Crippen molar-refractivity contribution in [2.45, 2.75) is 13.5 Å². The fourth-order valence-corrected chi connectivity index (χ4v) is 2.33. The molecule has 5 heteroatoms. The molecule has 1 aromatic carbocycles. The molecular weight excluding hydrogens is 278 g/mol. The summed E-state index contributed by atoms with van der Waals surface area (Å²) in [5.74, 6) is -0.191. The van der Waals surface area contributed by atoms with E-state index in [0.29, 0.717) is 18.5 Å². The third-order valence-corrected chi connectivity index (χ3v) is 3.39. The second-order valence-corrected chi connectivity index (χ2v) is 4.97. The lowest BCUT2D eigenvalue weighted by molar-refractivity contribution is -0.131. The summed E-state index contributed by atoms with van der Waals surface area (Å²) in [6, 6.07) is 7.27. The van der Waals surface area contributed by atoms with Crippen molar-refractivity contribution in [1.82, 2.24) is 14.7 Å². The molecule has 0 spiro atoms. The largest absolute Gasteiger partial charge is 0.334 e. The van der Waals surface area contributed by atoms with E-state index >= 15 is 0 Å². The van der Waals surface area contributed by atoms with Gasteiger partial charge in [0.15, 0.2) is 0 Å². The molecule has 0 N–H and O–H groups in total. The van der Waals surface area contributed by atoms with Crippen LogP contribution in [0.5, 0.6) is 0 Å². The first-order chi connectivity index (χ1) is 10.6. The Bertz CT molecular complexity index is 767. The highest BCUT2D eigenvalue weighted by atomic mass is 16.2. The highest BCUT2D eigenvalue weighted by molar-refractivity contribution is 5.83. The van der Waals surface area contributed by atoms with Crippen LogP contribution in [-0.2, 0) is 11.3 Å². The number of hydrogen-bond donors (Lipinski definition) is 0. The highest BCUT2D eigenvalue weighted by Gasteiger charge is 2.14. The van der Waals surface area contributed by atoms with Crippen molar-refractivity contribution in [3.63, 3.8) is 0 Å². The highest BCUT2D eigenvalue weighted by Crippen LogP contribution is 2.11. The van der Waals surface area contributed by atoms with Gasteiger partial charge in [-0.3, -0.25) is 9.59 Å².